The first-order valence-corrected chi connectivity index (χ1v) is 10.3. The molecule has 2 aromatic carbocycles. The lowest BCUT2D eigenvalue weighted by Gasteiger charge is -2.23. The quantitative estimate of drug-likeness (QED) is 0.612. The monoisotopic (exact) mass is 410 g/mol. The van der Waals surface area contributed by atoms with Crippen molar-refractivity contribution in [2.75, 3.05) is 7.11 Å². The molecule has 1 amide bonds. The maximum absolute atomic E-state index is 12.6. The Bertz CT molecular complexity index is 980. The molecule has 0 saturated carbocycles. The van der Waals surface area contributed by atoms with Crippen molar-refractivity contribution in [3.05, 3.63) is 54.6 Å². The third-order valence-corrected chi connectivity index (χ3v) is 5.17. The third kappa shape index (κ3) is 5.17. The van der Waals surface area contributed by atoms with E-state index in [1.54, 1.807) is 7.11 Å². The van der Waals surface area contributed by atoms with Gasteiger partial charge in [-0.1, -0.05) is 42.1 Å². The molecule has 0 radical (unpaired) electrons. The zero-order chi connectivity index (χ0) is 21.0. The van der Waals surface area contributed by atoms with Crippen molar-refractivity contribution >= 4 is 17.7 Å². The number of hydrogen-bond donors (Lipinski definition) is 1. The van der Waals surface area contributed by atoms with Gasteiger partial charge >= 0.3 is 0 Å². The molecule has 152 valence electrons. The molecule has 0 aliphatic carbocycles. The summed E-state index contributed by atoms with van der Waals surface area (Å²) in [7, 11) is 1.64. The van der Waals surface area contributed by atoms with E-state index in [-0.39, 0.29) is 16.7 Å². The number of aromatic nitrogens is 3. The van der Waals surface area contributed by atoms with E-state index in [1.807, 2.05) is 86.9 Å². The summed E-state index contributed by atoms with van der Waals surface area (Å²) in [5.41, 5.74) is 1.53. The van der Waals surface area contributed by atoms with Gasteiger partial charge in [-0.15, -0.1) is 10.2 Å². The highest BCUT2D eigenvalue weighted by Gasteiger charge is 2.24. The fourth-order valence-corrected chi connectivity index (χ4v) is 3.66. The molecule has 1 unspecified atom stereocenters. The fourth-order valence-electron chi connectivity index (χ4n) is 2.79. The highest BCUT2D eigenvalue weighted by atomic mass is 32.2. The maximum atomic E-state index is 12.6. The summed E-state index contributed by atoms with van der Waals surface area (Å²) in [5.74, 6) is 1.41. The number of carbonyl (C=O) groups excluding carboxylic acids is 1. The van der Waals surface area contributed by atoms with Crippen molar-refractivity contribution in [3.8, 4) is 22.8 Å². The van der Waals surface area contributed by atoms with E-state index in [4.69, 9.17) is 4.74 Å². The van der Waals surface area contributed by atoms with Crippen LogP contribution in [0.4, 0.5) is 0 Å². The maximum Gasteiger partial charge on any atom is 0.233 e. The largest absolute Gasteiger partial charge is 0.497 e. The average Bonchev–Trinajstić information content (AvgIpc) is 3.11. The van der Waals surface area contributed by atoms with Gasteiger partial charge in [-0.05, 0) is 52.0 Å². The average molecular weight is 411 g/mol. The number of nitrogens with one attached hydrogen (secondary N) is 1. The Balaban J connectivity index is 2.00. The van der Waals surface area contributed by atoms with Crippen LogP contribution in [-0.4, -0.2) is 38.6 Å². The van der Waals surface area contributed by atoms with Gasteiger partial charge in [0, 0.05) is 16.8 Å². The lowest BCUT2D eigenvalue weighted by Crippen LogP contribution is -2.44. The Kier molecular flexibility index (Phi) is 6.27. The minimum atomic E-state index is -0.320. The number of para-hydroxylation sites is 1. The van der Waals surface area contributed by atoms with Gasteiger partial charge in [0.1, 0.15) is 5.75 Å². The summed E-state index contributed by atoms with van der Waals surface area (Å²) in [6.45, 7) is 7.78. The Morgan fingerprint density at radius 1 is 1.10 bits per heavy atom. The number of carbonyl (C=O) groups is 1. The van der Waals surface area contributed by atoms with Crippen LogP contribution < -0.4 is 10.1 Å². The van der Waals surface area contributed by atoms with Crippen LogP contribution in [-0.2, 0) is 4.79 Å². The number of methoxy groups -OCH3 is 1. The second-order valence-electron chi connectivity index (χ2n) is 7.71. The number of benzene rings is 2. The Hall–Kier alpha value is -2.80. The van der Waals surface area contributed by atoms with Gasteiger partial charge < -0.3 is 10.1 Å². The van der Waals surface area contributed by atoms with Gasteiger partial charge in [0.25, 0.3) is 0 Å². The second kappa shape index (κ2) is 8.69. The van der Waals surface area contributed by atoms with Crippen LogP contribution in [0.15, 0.2) is 59.8 Å². The van der Waals surface area contributed by atoms with Crippen LogP contribution in [0.5, 0.6) is 5.75 Å². The van der Waals surface area contributed by atoms with Gasteiger partial charge in [-0.3, -0.25) is 9.36 Å². The van der Waals surface area contributed by atoms with E-state index in [0.717, 1.165) is 17.0 Å². The van der Waals surface area contributed by atoms with Crippen molar-refractivity contribution < 1.29 is 9.53 Å². The summed E-state index contributed by atoms with van der Waals surface area (Å²) in [4.78, 5) is 12.6. The molecule has 1 aromatic heterocycles. The molecule has 7 heteroatoms. The van der Waals surface area contributed by atoms with Crippen LogP contribution in [0.1, 0.15) is 27.7 Å². The topological polar surface area (TPSA) is 69.0 Å². The third-order valence-electron chi connectivity index (χ3n) is 4.13. The molecule has 0 aliphatic rings. The van der Waals surface area contributed by atoms with Crippen LogP contribution in [0.2, 0.25) is 0 Å². The number of thioether (sulfide) groups is 1. The Labute approximate surface area is 175 Å². The Morgan fingerprint density at radius 2 is 1.83 bits per heavy atom. The first kappa shape index (κ1) is 20.9. The Morgan fingerprint density at radius 3 is 2.48 bits per heavy atom. The van der Waals surface area contributed by atoms with Gasteiger partial charge in [-0.2, -0.15) is 0 Å². The number of nitrogens with zero attached hydrogens (tertiary/aromatic N) is 3. The minimum absolute atomic E-state index is 0.0342. The zero-order valence-corrected chi connectivity index (χ0v) is 18.2. The molecule has 0 saturated heterocycles. The molecule has 6 nitrogen and oxygen atoms in total. The lowest BCUT2D eigenvalue weighted by atomic mass is 10.1. The standard InChI is InChI=1S/C22H26N4O2S/c1-15(20(27)23-22(2,3)4)29-21-25-24-19(16-10-9-13-18(14-16)28-5)26(21)17-11-7-6-8-12-17/h6-15H,1-5H3,(H,23,27). The van der Waals surface area contributed by atoms with E-state index in [9.17, 15) is 4.79 Å². The van der Waals surface area contributed by atoms with Crippen molar-refractivity contribution in [3.63, 3.8) is 0 Å². The van der Waals surface area contributed by atoms with Crippen LogP contribution in [0, 0.1) is 0 Å². The van der Waals surface area contributed by atoms with Crippen molar-refractivity contribution in [1.82, 2.24) is 20.1 Å². The summed E-state index contributed by atoms with van der Waals surface area (Å²) in [6, 6.07) is 17.6. The predicted molar refractivity (Wildman–Crippen MR) is 117 cm³/mol. The van der Waals surface area contributed by atoms with E-state index >= 15 is 0 Å². The molecule has 1 atom stereocenters. The molecular weight excluding hydrogens is 384 g/mol. The summed E-state index contributed by atoms with van der Waals surface area (Å²) < 4.78 is 7.33. The molecule has 0 aliphatic heterocycles. The van der Waals surface area contributed by atoms with Gasteiger partial charge in [0.15, 0.2) is 11.0 Å². The number of hydrogen-bond acceptors (Lipinski definition) is 5. The lowest BCUT2D eigenvalue weighted by molar-refractivity contribution is -0.121. The van der Waals surface area contributed by atoms with E-state index in [1.165, 1.54) is 11.8 Å². The van der Waals surface area contributed by atoms with Crippen molar-refractivity contribution in [1.29, 1.82) is 0 Å². The van der Waals surface area contributed by atoms with Crippen LogP contribution in [0.25, 0.3) is 17.1 Å². The number of rotatable bonds is 6. The minimum Gasteiger partial charge on any atom is -0.497 e. The molecule has 1 N–H and O–H groups in total. The summed E-state index contributed by atoms with van der Waals surface area (Å²) in [6.07, 6.45) is 0. The highest BCUT2D eigenvalue weighted by Crippen LogP contribution is 2.31. The molecule has 29 heavy (non-hydrogen) atoms. The zero-order valence-electron chi connectivity index (χ0n) is 17.3. The van der Waals surface area contributed by atoms with Crippen LogP contribution in [0.3, 0.4) is 0 Å². The van der Waals surface area contributed by atoms with E-state index < -0.39 is 0 Å². The fraction of sp³-hybridized carbons (Fsp3) is 0.318. The van der Waals surface area contributed by atoms with Gasteiger partial charge in [-0.25, -0.2) is 0 Å². The summed E-state index contributed by atoms with van der Waals surface area (Å²) in [5, 5.41) is 12.2. The molecule has 1 heterocycles. The molecular formula is C22H26N4O2S. The molecule has 0 spiro atoms. The van der Waals surface area contributed by atoms with E-state index in [2.05, 4.69) is 15.5 Å². The van der Waals surface area contributed by atoms with Gasteiger partial charge in [0.2, 0.25) is 5.91 Å². The molecule has 3 rings (SSSR count). The summed E-state index contributed by atoms with van der Waals surface area (Å²) >= 11 is 1.39. The normalized spacial score (nSPS) is 12.4. The predicted octanol–water partition coefficient (Wildman–Crippen LogP) is 4.34. The first-order chi connectivity index (χ1) is 13.8. The van der Waals surface area contributed by atoms with E-state index in [0.29, 0.717) is 11.0 Å². The second-order valence-corrected chi connectivity index (χ2v) is 9.02. The number of ether oxygens (including phenoxy) is 1. The van der Waals surface area contributed by atoms with Gasteiger partial charge in [0.05, 0.1) is 12.4 Å². The highest BCUT2D eigenvalue weighted by molar-refractivity contribution is 8.00. The molecule has 0 bridgehead atoms. The molecule has 0 fully saturated rings. The van der Waals surface area contributed by atoms with Crippen LogP contribution >= 0.6 is 11.8 Å². The van der Waals surface area contributed by atoms with Crippen molar-refractivity contribution in [2.24, 2.45) is 0 Å². The SMILES string of the molecule is COc1cccc(-c2nnc(SC(C)C(=O)NC(C)(C)C)n2-c2ccccc2)c1. The smallest absolute Gasteiger partial charge is 0.233 e. The molecule has 3 aromatic rings. The van der Waals surface area contributed by atoms with Crippen molar-refractivity contribution in [2.45, 2.75) is 43.6 Å². The number of amides is 1. The first-order valence-electron chi connectivity index (χ1n) is 9.42.